The zero-order valence-corrected chi connectivity index (χ0v) is 9.89. The molecule has 0 spiro atoms. The summed E-state index contributed by atoms with van der Waals surface area (Å²) in [4.78, 5) is 13.1. The zero-order valence-electron chi connectivity index (χ0n) is 9.07. The van der Waals surface area contributed by atoms with Gasteiger partial charge in [0.2, 0.25) is 0 Å². The minimum atomic E-state index is -4.36. The van der Waals surface area contributed by atoms with E-state index in [1.165, 1.54) is 28.8 Å². The maximum Gasteiger partial charge on any atom is 0.416 e. The molecule has 0 unspecified atom stereocenters. The zero-order chi connectivity index (χ0) is 13.2. The van der Waals surface area contributed by atoms with Gasteiger partial charge in [-0.05, 0) is 29.7 Å². The molecule has 1 aromatic rings. The first-order chi connectivity index (χ1) is 8.47. The lowest BCUT2D eigenvalue weighted by Gasteiger charge is -2.14. The molecule has 0 aliphatic carbocycles. The first-order valence-corrected chi connectivity index (χ1v) is 6.05. The molecule has 0 saturated heterocycles. The molecule has 1 aliphatic rings. The van der Waals surface area contributed by atoms with E-state index in [4.69, 9.17) is 0 Å². The van der Waals surface area contributed by atoms with Gasteiger partial charge < -0.3 is 5.32 Å². The van der Waals surface area contributed by atoms with E-state index in [1.54, 1.807) is 11.6 Å². The monoisotopic (exact) mass is 274 g/mol. The van der Waals surface area contributed by atoms with Crippen LogP contribution in [0, 0.1) is 0 Å². The van der Waals surface area contributed by atoms with E-state index < -0.39 is 11.7 Å². The standard InChI is InChI=1S/C11H9F3N2OS/c12-11(13,14)8-1-3-9(4-2-8)15-10(17)16-5-6-18-7-16/h1-6H,7H2,(H,15,17). The number of anilines is 1. The molecular formula is C11H9F3N2OS. The number of nitrogens with zero attached hydrogens (tertiary/aromatic N) is 1. The lowest BCUT2D eigenvalue weighted by atomic mass is 10.2. The average molecular weight is 274 g/mol. The van der Waals surface area contributed by atoms with Crippen LogP contribution in [0.1, 0.15) is 5.56 Å². The van der Waals surface area contributed by atoms with Crippen LogP contribution in [0.2, 0.25) is 0 Å². The van der Waals surface area contributed by atoms with Gasteiger partial charge in [-0.2, -0.15) is 13.2 Å². The van der Waals surface area contributed by atoms with Crippen LogP contribution in [0.25, 0.3) is 0 Å². The van der Waals surface area contributed by atoms with Crippen molar-refractivity contribution in [2.24, 2.45) is 0 Å². The molecule has 18 heavy (non-hydrogen) atoms. The smallest absolute Gasteiger partial charge is 0.308 e. The summed E-state index contributed by atoms with van der Waals surface area (Å²) < 4.78 is 37.0. The summed E-state index contributed by atoms with van der Waals surface area (Å²) in [7, 11) is 0. The van der Waals surface area contributed by atoms with E-state index in [0.717, 1.165) is 12.1 Å². The number of amides is 2. The summed E-state index contributed by atoms with van der Waals surface area (Å²) in [5.41, 5.74) is -0.407. The summed E-state index contributed by atoms with van der Waals surface area (Å²) in [5.74, 6) is 0.506. The number of thioether (sulfide) groups is 1. The van der Waals surface area contributed by atoms with Crippen LogP contribution in [-0.4, -0.2) is 16.8 Å². The molecular weight excluding hydrogens is 265 g/mol. The Labute approximate surface area is 106 Å². The van der Waals surface area contributed by atoms with Crippen molar-refractivity contribution in [3.63, 3.8) is 0 Å². The van der Waals surface area contributed by atoms with Crippen LogP contribution in [-0.2, 0) is 6.18 Å². The number of urea groups is 1. The van der Waals surface area contributed by atoms with Crippen LogP contribution in [0.4, 0.5) is 23.7 Å². The molecule has 3 nitrogen and oxygen atoms in total. The number of rotatable bonds is 1. The highest BCUT2D eigenvalue weighted by molar-refractivity contribution is 8.02. The lowest BCUT2D eigenvalue weighted by molar-refractivity contribution is -0.137. The van der Waals surface area contributed by atoms with Crippen molar-refractivity contribution >= 4 is 23.5 Å². The van der Waals surface area contributed by atoms with E-state index in [0.29, 0.717) is 11.6 Å². The van der Waals surface area contributed by atoms with Gasteiger partial charge in [-0.25, -0.2) is 4.79 Å². The fourth-order valence-electron chi connectivity index (χ4n) is 1.35. The number of carbonyl (C=O) groups excluding carboxylic acids is 1. The lowest BCUT2D eigenvalue weighted by Crippen LogP contribution is -2.28. The summed E-state index contributed by atoms with van der Waals surface area (Å²) >= 11 is 1.46. The van der Waals surface area contributed by atoms with Crippen molar-refractivity contribution in [1.82, 2.24) is 4.90 Å². The summed E-state index contributed by atoms with van der Waals surface area (Å²) in [5, 5.41) is 4.29. The third kappa shape index (κ3) is 2.98. The second-order valence-corrected chi connectivity index (χ2v) is 4.42. The van der Waals surface area contributed by atoms with Gasteiger partial charge in [-0.15, -0.1) is 11.8 Å². The normalized spacial score (nSPS) is 14.9. The Balaban J connectivity index is 2.02. The third-order valence-electron chi connectivity index (χ3n) is 2.28. The summed E-state index contributed by atoms with van der Waals surface area (Å²) in [6.45, 7) is 0. The van der Waals surface area contributed by atoms with Crippen LogP contribution in [0.5, 0.6) is 0 Å². The average Bonchev–Trinajstić information content (AvgIpc) is 2.82. The predicted molar refractivity (Wildman–Crippen MR) is 63.9 cm³/mol. The first kappa shape index (κ1) is 12.8. The fourth-order valence-corrected chi connectivity index (χ4v) is 2.03. The maximum absolute atomic E-state index is 12.3. The van der Waals surface area contributed by atoms with E-state index in [2.05, 4.69) is 5.32 Å². The molecule has 1 aliphatic heterocycles. The minimum absolute atomic E-state index is 0.332. The van der Waals surface area contributed by atoms with E-state index in [1.807, 2.05) is 0 Å². The quantitative estimate of drug-likeness (QED) is 0.846. The van der Waals surface area contributed by atoms with Crippen molar-refractivity contribution in [3.8, 4) is 0 Å². The second kappa shape index (κ2) is 4.93. The Morgan fingerprint density at radius 1 is 1.28 bits per heavy atom. The van der Waals surface area contributed by atoms with E-state index in [-0.39, 0.29) is 6.03 Å². The maximum atomic E-state index is 12.3. The van der Waals surface area contributed by atoms with Crippen molar-refractivity contribution in [1.29, 1.82) is 0 Å². The van der Waals surface area contributed by atoms with Crippen molar-refractivity contribution in [2.45, 2.75) is 6.18 Å². The van der Waals surface area contributed by atoms with Gasteiger partial charge in [-0.3, -0.25) is 4.90 Å². The highest BCUT2D eigenvalue weighted by Gasteiger charge is 2.30. The Morgan fingerprint density at radius 3 is 2.44 bits per heavy atom. The van der Waals surface area contributed by atoms with Gasteiger partial charge in [0, 0.05) is 11.9 Å². The summed E-state index contributed by atoms with van der Waals surface area (Å²) in [6.07, 6.45) is -2.75. The fraction of sp³-hybridized carbons (Fsp3) is 0.182. The Bertz CT molecular complexity index is 470. The van der Waals surface area contributed by atoms with Crippen LogP contribution in [0.3, 0.4) is 0 Å². The van der Waals surface area contributed by atoms with Gasteiger partial charge >= 0.3 is 12.2 Å². The number of carbonyl (C=O) groups is 1. The Morgan fingerprint density at radius 2 is 1.94 bits per heavy atom. The van der Waals surface area contributed by atoms with Gasteiger partial charge in [0.1, 0.15) is 0 Å². The molecule has 1 N–H and O–H groups in total. The molecule has 96 valence electrons. The largest absolute Gasteiger partial charge is 0.416 e. The molecule has 2 rings (SSSR count). The molecule has 0 saturated carbocycles. The van der Waals surface area contributed by atoms with Crippen LogP contribution < -0.4 is 5.32 Å². The molecule has 0 bridgehead atoms. The molecule has 1 heterocycles. The third-order valence-corrected chi connectivity index (χ3v) is 3.02. The number of nitrogens with one attached hydrogen (secondary N) is 1. The number of hydrogen-bond acceptors (Lipinski definition) is 2. The number of halogens is 3. The van der Waals surface area contributed by atoms with Crippen molar-refractivity contribution < 1.29 is 18.0 Å². The van der Waals surface area contributed by atoms with E-state index >= 15 is 0 Å². The molecule has 7 heteroatoms. The van der Waals surface area contributed by atoms with Crippen LogP contribution >= 0.6 is 11.8 Å². The number of alkyl halides is 3. The van der Waals surface area contributed by atoms with Crippen LogP contribution in [0.15, 0.2) is 35.9 Å². The predicted octanol–water partition coefficient (Wildman–Crippen LogP) is 3.71. The Hall–Kier alpha value is -1.63. The Kier molecular flexibility index (Phi) is 3.51. The highest BCUT2D eigenvalue weighted by Crippen LogP contribution is 2.29. The molecule has 1 aromatic carbocycles. The summed E-state index contributed by atoms with van der Waals surface area (Å²) in [6, 6.07) is 3.96. The molecule has 0 fully saturated rings. The molecule has 0 radical (unpaired) electrons. The minimum Gasteiger partial charge on any atom is -0.308 e. The van der Waals surface area contributed by atoms with Crippen molar-refractivity contribution in [3.05, 3.63) is 41.4 Å². The van der Waals surface area contributed by atoms with Crippen molar-refractivity contribution in [2.75, 3.05) is 11.2 Å². The molecule has 2 amide bonds. The topological polar surface area (TPSA) is 32.3 Å². The molecule has 0 aromatic heterocycles. The number of benzene rings is 1. The van der Waals surface area contributed by atoms with Gasteiger partial charge in [-0.1, -0.05) is 0 Å². The SMILES string of the molecule is O=C(Nc1ccc(C(F)(F)F)cc1)N1C=CSC1. The first-order valence-electron chi connectivity index (χ1n) is 5.00. The molecule has 0 atom stereocenters. The van der Waals surface area contributed by atoms with Gasteiger partial charge in [0.25, 0.3) is 0 Å². The highest BCUT2D eigenvalue weighted by atomic mass is 32.2. The second-order valence-electron chi connectivity index (χ2n) is 3.56. The van der Waals surface area contributed by atoms with Gasteiger partial charge in [0.05, 0.1) is 11.4 Å². The number of hydrogen-bond donors (Lipinski definition) is 1. The van der Waals surface area contributed by atoms with E-state index in [9.17, 15) is 18.0 Å². The van der Waals surface area contributed by atoms with Gasteiger partial charge in [0.15, 0.2) is 0 Å².